The number of rotatable bonds is 9. The number of unbranched alkanes of at least 4 members (excludes halogenated alkanes) is 4. The molecule has 0 heterocycles. The summed E-state index contributed by atoms with van der Waals surface area (Å²) in [6.45, 7) is 4.67. The van der Waals surface area contributed by atoms with E-state index in [0.717, 1.165) is 31.6 Å². The van der Waals surface area contributed by atoms with E-state index in [1.807, 2.05) is 6.92 Å². The molecule has 1 nitrogen and oxygen atoms in total. The van der Waals surface area contributed by atoms with Gasteiger partial charge in [0.25, 0.3) is 0 Å². The SMILES string of the molecule is CCCCCC[C@H]1CC[C@H](C#Cc2ccc(OCCCC)c(F)c2F)CC1. The van der Waals surface area contributed by atoms with Crippen molar-refractivity contribution < 1.29 is 13.5 Å². The van der Waals surface area contributed by atoms with E-state index in [-0.39, 0.29) is 11.3 Å². The third-order valence-corrected chi connectivity index (χ3v) is 5.53. The number of hydrogen-bond donors (Lipinski definition) is 0. The summed E-state index contributed by atoms with van der Waals surface area (Å²) in [6, 6.07) is 3.03. The lowest BCUT2D eigenvalue weighted by Crippen LogP contribution is -2.13. The summed E-state index contributed by atoms with van der Waals surface area (Å²) < 4.78 is 33.6. The molecule has 2 rings (SSSR count). The number of benzene rings is 1. The zero-order valence-corrected chi connectivity index (χ0v) is 17.0. The molecule has 0 atom stereocenters. The maximum atomic E-state index is 14.2. The molecule has 0 saturated heterocycles. The lowest BCUT2D eigenvalue weighted by Gasteiger charge is -2.25. The highest BCUT2D eigenvalue weighted by Gasteiger charge is 2.20. The van der Waals surface area contributed by atoms with Gasteiger partial charge in [-0.15, -0.1) is 0 Å². The van der Waals surface area contributed by atoms with Crippen LogP contribution >= 0.6 is 0 Å². The van der Waals surface area contributed by atoms with Crippen LogP contribution in [0.15, 0.2) is 12.1 Å². The lowest BCUT2D eigenvalue weighted by molar-refractivity contribution is 0.288. The molecule has 150 valence electrons. The molecule has 0 radical (unpaired) electrons. The van der Waals surface area contributed by atoms with Crippen LogP contribution in [0.25, 0.3) is 0 Å². The van der Waals surface area contributed by atoms with Crippen LogP contribution in [-0.4, -0.2) is 6.61 Å². The molecule has 0 amide bonds. The number of hydrogen-bond acceptors (Lipinski definition) is 1. The van der Waals surface area contributed by atoms with Crippen molar-refractivity contribution in [3.05, 3.63) is 29.3 Å². The molecule has 3 heteroatoms. The quantitative estimate of drug-likeness (QED) is 0.325. The third-order valence-electron chi connectivity index (χ3n) is 5.53. The Bertz CT molecular complexity index is 621. The Hall–Kier alpha value is -1.56. The van der Waals surface area contributed by atoms with Gasteiger partial charge in [0.2, 0.25) is 5.82 Å². The van der Waals surface area contributed by atoms with Gasteiger partial charge in [0.1, 0.15) is 0 Å². The molecule has 1 aromatic carbocycles. The highest BCUT2D eigenvalue weighted by atomic mass is 19.2. The van der Waals surface area contributed by atoms with Crippen LogP contribution in [0.4, 0.5) is 8.78 Å². The minimum atomic E-state index is -0.923. The van der Waals surface area contributed by atoms with Crippen LogP contribution < -0.4 is 4.74 Å². The molecule has 1 aliphatic rings. The Labute approximate surface area is 163 Å². The first-order valence-corrected chi connectivity index (χ1v) is 10.8. The minimum absolute atomic E-state index is 0.0184. The first-order valence-electron chi connectivity index (χ1n) is 10.8. The first kappa shape index (κ1) is 21.7. The van der Waals surface area contributed by atoms with Crippen LogP contribution in [0, 0.1) is 35.3 Å². The fourth-order valence-electron chi connectivity index (χ4n) is 3.70. The Morgan fingerprint density at radius 3 is 2.37 bits per heavy atom. The number of ether oxygens (including phenoxy) is 1. The number of halogens is 2. The largest absolute Gasteiger partial charge is 0.490 e. The van der Waals surface area contributed by atoms with Gasteiger partial charge in [-0.2, -0.15) is 4.39 Å². The fourth-order valence-corrected chi connectivity index (χ4v) is 3.70. The summed E-state index contributed by atoms with van der Waals surface area (Å²) in [7, 11) is 0. The molecular weight excluding hydrogens is 342 g/mol. The van der Waals surface area contributed by atoms with Crippen molar-refractivity contribution in [3.8, 4) is 17.6 Å². The van der Waals surface area contributed by atoms with E-state index < -0.39 is 11.6 Å². The normalized spacial score (nSPS) is 19.4. The van der Waals surface area contributed by atoms with Gasteiger partial charge in [0.05, 0.1) is 12.2 Å². The van der Waals surface area contributed by atoms with E-state index in [4.69, 9.17) is 4.74 Å². The summed E-state index contributed by atoms with van der Waals surface area (Å²) in [6.07, 6.45) is 13.0. The van der Waals surface area contributed by atoms with Gasteiger partial charge in [-0.05, 0) is 50.2 Å². The molecule has 0 bridgehead atoms. The average molecular weight is 377 g/mol. The van der Waals surface area contributed by atoms with Gasteiger partial charge in [-0.3, -0.25) is 0 Å². The highest BCUT2D eigenvalue weighted by molar-refractivity contribution is 5.41. The fraction of sp³-hybridized carbons (Fsp3) is 0.667. The summed E-state index contributed by atoms with van der Waals surface area (Å²) >= 11 is 0. The van der Waals surface area contributed by atoms with Crippen molar-refractivity contribution in [2.45, 2.75) is 84.5 Å². The van der Waals surface area contributed by atoms with E-state index in [0.29, 0.717) is 12.5 Å². The second kappa shape index (κ2) is 12.0. The van der Waals surface area contributed by atoms with Crippen molar-refractivity contribution in [1.82, 2.24) is 0 Å². The van der Waals surface area contributed by atoms with E-state index in [2.05, 4.69) is 18.8 Å². The van der Waals surface area contributed by atoms with Crippen LogP contribution in [0.2, 0.25) is 0 Å². The molecule has 1 saturated carbocycles. The van der Waals surface area contributed by atoms with Gasteiger partial charge in [0, 0.05) is 5.92 Å². The van der Waals surface area contributed by atoms with Crippen LogP contribution in [0.1, 0.15) is 90.0 Å². The molecule has 0 aliphatic heterocycles. The van der Waals surface area contributed by atoms with Crippen molar-refractivity contribution in [2.24, 2.45) is 11.8 Å². The van der Waals surface area contributed by atoms with Gasteiger partial charge in [-0.25, -0.2) is 4.39 Å². The summed E-state index contributed by atoms with van der Waals surface area (Å²) in [5.41, 5.74) is 0.136. The molecular formula is C24H34F2O. The van der Waals surface area contributed by atoms with Crippen LogP contribution in [0.5, 0.6) is 5.75 Å². The van der Waals surface area contributed by atoms with Gasteiger partial charge in [0.15, 0.2) is 11.6 Å². The maximum Gasteiger partial charge on any atom is 0.201 e. The summed E-state index contributed by atoms with van der Waals surface area (Å²) in [5, 5.41) is 0. The summed E-state index contributed by atoms with van der Waals surface area (Å²) in [4.78, 5) is 0. The van der Waals surface area contributed by atoms with E-state index in [1.165, 1.54) is 57.1 Å². The van der Waals surface area contributed by atoms with Gasteiger partial charge < -0.3 is 4.74 Å². The van der Waals surface area contributed by atoms with Crippen molar-refractivity contribution in [3.63, 3.8) is 0 Å². The van der Waals surface area contributed by atoms with Crippen LogP contribution in [0.3, 0.4) is 0 Å². The molecule has 0 spiro atoms. The van der Waals surface area contributed by atoms with Crippen molar-refractivity contribution in [2.75, 3.05) is 6.61 Å². The maximum absolute atomic E-state index is 14.2. The molecule has 27 heavy (non-hydrogen) atoms. The van der Waals surface area contributed by atoms with E-state index in [9.17, 15) is 8.78 Å². The lowest BCUT2D eigenvalue weighted by atomic mass is 9.80. The zero-order valence-electron chi connectivity index (χ0n) is 17.0. The average Bonchev–Trinajstić information content (AvgIpc) is 2.69. The van der Waals surface area contributed by atoms with Crippen LogP contribution in [-0.2, 0) is 0 Å². The molecule has 0 N–H and O–H groups in total. The molecule has 0 unspecified atom stereocenters. The Kier molecular flexibility index (Phi) is 9.67. The second-order valence-corrected chi connectivity index (χ2v) is 7.78. The van der Waals surface area contributed by atoms with Gasteiger partial charge in [-0.1, -0.05) is 64.2 Å². The summed E-state index contributed by atoms with van der Waals surface area (Å²) in [5.74, 6) is 5.35. The predicted molar refractivity (Wildman–Crippen MR) is 108 cm³/mol. The predicted octanol–water partition coefficient (Wildman–Crippen LogP) is 7.27. The molecule has 1 aliphatic carbocycles. The minimum Gasteiger partial charge on any atom is -0.490 e. The van der Waals surface area contributed by atoms with Gasteiger partial charge >= 0.3 is 0 Å². The Morgan fingerprint density at radius 1 is 0.926 bits per heavy atom. The zero-order chi connectivity index (χ0) is 19.5. The molecule has 1 aromatic rings. The topological polar surface area (TPSA) is 9.23 Å². The van der Waals surface area contributed by atoms with Crippen molar-refractivity contribution in [1.29, 1.82) is 0 Å². The Morgan fingerprint density at radius 2 is 1.67 bits per heavy atom. The van der Waals surface area contributed by atoms with E-state index >= 15 is 0 Å². The second-order valence-electron chi connectivity index (χ2n) is 7.78. The molecule has 0 aromatic heterocycles. The van der Waals surface area contributed by atoms with E-state index in [1.54, 1.807) is 0 Å². The third kappa shape index (κ3) is 7.17. The standard InChI is InChI=1S/C24H34F2O/c1-3-5-7-8-9-19-10-12-20(13-11-19)14-15-21-16-17-22(24(26)23(21)25)27-18-6-4-2/h16-17,19-20H,3-13,18H2,1-2H3/t19-,20-. The molecule has 1 fully saturated rings. The smallest absolute Gasteiger partial charge is 0.201 e. The monoisotopic (exact) mass is 376 g/mol. The highest BCUT2D eigenvalue weighted by Crippen LogP contribution is 2.32. The Balaban J connectivity index is 1.84. The first-order chi connectivity index (χ1) is 13.2. The van der Waals surface area contributed by atoms with Crippen molar-refractivity contribution >= 4 is 0 Å².